The summed E-state index contributed by atoms with van der Waals surface area (Å²) in [6.45, 7) is 0.477. The summed E-state index contributed by atoms with van der Waals surface area (Å²) in [6.07, 6.45) is -1.51. The molecule has 30 heavy (non-hydrogen) atoms. The molecule has 2 aromatic heterocycles. The van der Waals surface area contributed by atoms with Gasteiger partial charge in [0.25, 0.3) is 11.5 Å². The number of hydrogen-bond donors (Lipinski definition) is 1. The number of aromatic nitrogens is 2. The maximum atomic E-state index is 14.6. The van der Waals surface area contributed by atoms with Crippen molar-refractivity contribution in [3.8, 4) is 11.1 Å². The average Bonchev–Trinajstić information content (AvgIpc) is 3.52. The minimum Gasteiger partial charge on any atom is -0.352 e. The fraction of sp³-hybridized carbons (Fsp3) is 0.250. The molecule has 1 aliphatic carbocycles. The lowest BCUT2D eigenvalue weighted by Crippen LogP contribution is -2.26. The number of hydrogen-bond acceptors (Lipinski definition) is 3. The lowest BCUT2D eigenvalue weighted by Gasteiger charge is -2.13. The Kier molecular flexibility index (Phi) is 5.13. The van der Waals surface area contributed by atoms with Crippen LogP contribution in [0.2, 0.25) is 0 Å². The molecule has 1 aromatic carbocycles. The van der Waals surface area contributed by atoms with Gasteiger partial charge in [-0.05, 0) is 64.5 Å². The monoisotopic (exact) mass is 483 g/mol. The van der Waals surface area contributed by atoms with Gasteiger partial charge in [-0.3, -0.25) is 14.0 Å². The molecule has 0 unspecified atom stereocenters. The standard InChI is InChI=1S/C20H14BrF4N3O2/c21-15-16(20(23,24)25)27-17-12(2-1-7-28(17)19(15)30)11-5-6-13(14(22)8-11)18(29)26-9-10-3-4-10/h1-2,5-8,10H,3-4,9H2,(H,26,29). The lowest BCUT2D eigenvalue weighted by molar-refractivity contribution is -0.141. The number of carbonyl (C=O) groups excluding carboxylic acids is 1. The summed E-state index contributed by atoms with van der Waals surface area (Å²) in [4.78, 5) is 28.1. The molecule has 1 amide bonds. The molecule has 0 spiro atoms. The minimum atomic E-state index is -4.85. The zero-order chi connectivity index (χ0) is 21.6. The molecule has 0 aliphatic heterocycles. The molecule has 0 atom stereocenters. The normalized spacial score (nSPS) is 14.2. The van der Waals surface area contributed by atoms with E-state index in [1.54, 1.807) is 0 Å². The van der Waals surface area contributed by atoms with Gasteiger partial charge in [0.05, 0.1) is 5.56 Å². The van der Waals surface area contributed by atoms with E-state index in [1.165, 1.54) is 30.5 Å². The number of nitrogens with one attached hydrogen (secondary N) is 1. The highest BCUT2D eigenvalue weighted by Crippen LogP contribution is 2.33. The third-order valence-electron chi connectivity index (χ3n) is 4.84. The van der Waals surface area contributed by atoms with E-state index < -0.39 is 33.6 Å². The minimum absolute atomic E-state index is 0.122. The van der Waals surface area contributed by atoms with Crippen LogP contribution in [0, 0.1) is 11.7 Å². The van der Waals surface area contributed by atoms with Crippen LogP contribution in [0.5, 0.6) is 0 Å². The Hall–Kier alpha value is -2.75. The second-order valence-electron chi connectivity index (χ2n) is 7.04. The predicted octanol–water partition coefficient (Wildman–Crippen LogP) is 4.42. The summed E-state index contributed by atoms with van der Waals surface area (Å²) in [5.41, 5.74) is -2.43. The smallest absolute Gasteiger partial charge is 0.352 e. The Morgan fingerprint density at radius 2 is 2.00 bits per heavy atom. The Morgan fingerprint density at radius 3 is 2.63 bits per heavy atom. The van der Waals surface area contributed by atoms with Crippen molar-refractivity contribution in [1.82, 2.24) is 14.7 Å². The van der Waals surface area contributed by atoms with Gasteiger partial charge >= 0.3 is 6.18 Å². The number of halogens is 5. The molecule has 0 radical (unpaired) electrons. The van der Waals surface area contributed by atoms with Crippen molar-refractivity contribution in [3.05, 3.63) is 68.4 Å². The Balaban J connectivity index is 1.79. The van der Waals surface area contributed by atoms with Gasteiger partial charge in [0.1, 0.15) is 15.9 Å². The van der Waals surface area contributed by atoms with Crippen molar-refractivity contribution < 1.29 is 22.4 Å². The maximum Gasteiger partial charge on any atom is 0.434 e. The molecule has 1 fully saturated rings. The molecular formula is C20H14BrF4N3O2. The van der Waals surface area contributed by atoms with Gasteiger partial charge < -0.3 is 5.32 Å². The Morgan fingerprint density at radius 1 is 1.27 bits per heavy atom. The van der Waals surface area contributed by atoms with Crippen molar-refractivity contribution in [2.24, 2.45) is 5.92 Å². The summed E-state index contributed by atoms with van der Waals surface area (Å²) in [5.74, 6) is -0.946. The van der Waals surface area contributed by atoms with Gasteiger partial charge in [-0.15, -0.1) is 0 Å². The number of pyridine rings is 1. The quantitative estimate of drug-likeness (QED) is 0.558. The number of amides is 1. The third kappa shape index (κ3) is 3.83. The zero-order valence-electron chi connectivity index (χ0n) is 15.3. The molecular weight excluding hydrogens is 470 g/mol. The molecule has 1 N–H and O–H groups in total. The largest absolute Gasteiger partial charge is 0.434 e. The highest BCUT2D eigenvalue weighted by Gasteiger charge is 2.37. The van der Waals surface area contributed by atoms with E-state index in [-0.39, 0.29) is 22.3 Å². The van der Waals surface area contributed by atoms with Crippen LogP contribution in [0.1, 0.15) is 28.9 Å². The van der Waals surface area contributed by atoms with Crippen LogP contribution >= 0.6 is 15.9 Å². The Labute approximate surface area is 175 Å². The SMILES string of the molecule is O=C(NCC1CC1)c1ccc(-c2cccn3c(=O)c(Br)c(C(F)(F)F)nc23)cc1F. The first-order valence-corrected chi connectivity index (χ1v) is 9.82. The van der Waals surface area contributed by atoms with E-state index in [4.69, 9.17) is 0 Å². The summed E-state index contributed by atoms with van der Waals surface area (Å²) in [6, 6.07) is 6.59. The van der Waals surface area contributed by atoms with Gasteiger partial charge in [-0.2, -0.15) is 13.2 Å². The van der Waals surface area contributed by atoms with Crippen LogP contribution in [0.3, 0.4) is 0 Å². The first kappa shape index (κ1) is 20.5. The van der Waals surface area contributed by atoms with E-state index in [0.29, 0.717) is 12.5 Å². The third-order valence-corrected chi connectivity index (χ3v) is 5.56. The number of nitrogens with zero attached hydrogens (tertiary/aromatic N) is 2. The van der Waals surface area contributed by atoms with E-state index in [0.717, 1.165) is 23.3 Å². The van der Waals surface area contributed by atoms with Crippen molar-refractivity contribution >= 4 is 27.5 Å². The number of fused-ring (bicyclic) bond motifs is 1. The molecule has 10 heteroatoms. The molecule has 3 aromatic rings. The number of alkyl halides is 3. The van der Waals surface area contributed by atoms with Crippen molar-refractivity contribution in [1.29, 1.82) is 0 Å². The lowest BCUT2D eigenvalue weighted by atomic mass is 10.0. The van der Waals surface area contributed by atoms with E-state index in [9.17, 15) is 27.2 Å². The first-order valence-electron chi connectivity index (χ1n) is 9.03. The number of carbonyl (C=O) groups is 1. The fourth-order valence-electron chi connectivity index (χ4n) is 3.07. The second kappa shape index (κ2) is 7.50. The summed E-state index contributed by atoms with van der Waals surface area (Å²) < 4.78 is 54.7. The fourth-order valence-corrected chi connectivity index (χ4v) is 3.58. The van der Waals surface area contributed by atoms with Gasteiger partial charge in [-0.1, -0.05) is 6.07 Å². The molecule has 1 aliphatic rings. The summed E-state index contributed by atoms with van der Waals surface area (Å²) in [5, 5.41) is 2.66. The van der Waals surface area contributed by atoms with Crippen LogP contribution in [-0.2, 0) is 6.18 Å². The van der Waals surface area contributed by atoms with Crippen LogP contribution in [0.4, 0.5) is 17.6 Å². The van der Waals surface area contributed by atoms with Gasteiger partial charge in [0.2, 0.25) is 0 Å². The molecule has 4 rings (SSSR count). The predicted molar refractivity (Wildman–Crippen MR) is 105 cm³/mol. The van der Waals surface area contributed by atoms with Crippen molar-refractivity contribution in [3.63, 3.8) is 0 Å². The molecule has 2 heterocycles. The van der Waals surface area contributed by atoms with Crippen LogP contribution in [0.25, 0.3) is 16.8 Å². The summed E-state index contributed by atoms with van der Waals surface area (Å²) >= 11 is 2.66. The number of rotatable bonds is 4. The molecule has 0 bridgehead atoms. The topological polar surface area (TPSA) is 63.5 Å². The van der Waals surface area contributed by atoms with Crippen molar-refractivity contribution in [2.45, 2.75) is 19.0 Å². The van der Waals surface area contributed by atoms with Crippen LogP contribution in [-0.4, -0.2) is 21.8 Å². The van der Waals surface area contributed by atoms with E-state index in [1.807, 2.05) is 0 Å². The average molecular weight is 484 g/mol. The molecule has 5 nitrogen and oxygen atoms in total. The molecule has 1 saturated carbocycles. The van der Waals surface area contributed by atoms with Gasteiger partial charge in [0.15, 0.2) is 5.69 Å². The molecule has 156 valence electrons. The summed E-state index contributed by atoms with van der Waals surface area (Å²) in [7, 11) is 0. The van der Waals surface area contributed by atoms with Crippen molar-refractivity contribution in [2.75, 3.05) is 6.54 Å². The van der Waals surface area contributed by atoms with E-state index >= 15 is 0 Å². The number of benzene rings is 1. The van der Waals surface area contributed by atoms with Gasteiger partial charge in [0, 0.05) is 18.3 Å². The van der Waals surface area contributed by atoms with E-state index in [2.05, 4.69) is 26.2 Å². The maximum absolute atomic E-state index is 14.6. The van der Waals surface area contributed by atoms with Crippen LogP contribution < -0.4 is 10.9 Å². The van der Waals surface area contributed by atoms with Crippen LogP contribution in [0.15, 0.2) is 45.8 Å². The molecule has 0 saturated heterocycles. The second-order valence-corrected chi connectivity index (χ2v) is 7.83. The van der Waals surface area contributed by atoms with Gasteiger partial charge in [-0.25, -0.2) is 9.37 Å². The Bertz CT molecular complexity index is 1220. The highest BCUT2D eigenvalue weighted by molar-refractivity contribution is 9.10. The first-order chi connectivity index (χ1) is 14.2. The zero-order valence-corrected chi connectivity index (χ0v) is 16.8. The highest BCUT2D eigenvalue weighted by atomic mass is 79.9.